The van der Waals surface area contributed by atoms with Gasteiger partial charge >= 0.3 is 0 Å². The summed E-state index contributed by atoms with van der Waals surface area (Å²) in [6.07, 6.45) is 6.68. The molecule has 0 bridgehead atoms. The lowest BCUT2D eigenvalue weighted by atomic mass is 10.1. The van der Waals surface area contributed by atoms with E-state index in [1.54, 1.807) is 23.1 Å². The molecule has 0 aliphatic carbocycles. The van der Waals surface area contributed by atoms with Gasteiger partial charge in [-0.3, -0.25) is 0 Å². The lowest BCUT2D eigenvalue weighted by Gasteiger charge is -2.03. The quantitative estimate of drug-likeness (QED) is 0.454. The molecule has 0 spiro atoms. The van der Waals surface area contributed by atoms with Crippen molar-refractivity contribution in [2.24, 2.45) is 0 Å². The van der Waals surface area contributed by atoms with Crippen LogP contribution < -0.4 is 4.73 Å². The lowest BCUT2D eigenvalue weighted by Crippen LogP contribution is -2.23. The van der Waals surface area contributed by atoms with Gasteiger partial charge in [0.2, 0.25) is 0 Å². The highest BCUT2D eigenvalue weighted by molar-refractivity contribution is 5.82. The van der Waals surface area contributed by atoms with Gasteiger partial charge in [-0.25, -0.2) is 4.68 Å². The summed E-state index contributed by atoms with van der Waals surface area (Å²) in [6, 6.07) is 9.54. The Bertz CT molecular complexity index is 632. The van der Waals surface area contributed by atoms with Crippen LogP contribution in [0.15, 0.2) is 55.1 Å². The molecule has 0 amide bonds. The van der Waals surface area contributed by atoms with Gasteiger partial charge in [0, 0.05) is 23.8 Å². The van der Waals surface area contributed by atoms with Gasteiger partial charge in [0.15, 0.2) is 12.4 Å². The third-order valence-electron chi connectivity index (χ3n) is 2.51. The molecule has 0 radical (unpaired) electrons. The van der Waals surface area contributed by atoms with E-state index in [4.69, 9.17) is 0 Å². The van der Waals surface area contributed by atoms with Gasteiger partial charge in [0.1, 0.15) is 0 Å². The van der Waals surface area contributed by atoms with Crippen LogP contribution in [0.3, 0.4) is 0 Å². The summed E-state index contributed by atoms with van der Waals surface area (Å²) in [6.45, 7) is 0. The Hall–Kier alpha value is -2.36. The van der Waals surface area contributed by atoms with E-state index in [9.17, 15) is 5.21 Å². The Kier molecular flexibility index (Phi) is 1.86. The second-order valence-corrected chi connectivity index (χ2v) is 3.57. The zero-order valence-electron chi connectivity index (χ0n) is 8.45. The normalized spacial score (nSPS) is 10.8. The highest BCUT2D eigenvalue weighted by Crippen LogP contribution is 2.16. The van der Waals surface area contributed by atoms with Crippen molar-refractivity contribution < 1.29 is 4.73 Å². The van der Waals surface area contributed by atoms with Crippen LogP contribution >= 0.6 is 0 Å². The molecule has 16 heavy (non-hydrogen) atoms. The maximum absolute atomic E-state index is 11.1. The topological polar surface area (TPSA) is 44.8 Å². The first kappa shape index (κ1) is 8.91. The number of hydrogen-bond donors (Lipinski definition) is 0. The smallest absolute Gasteiger partial charge is 0.188 e. The number of pyridine rings is 1. The Morgan fingerprint density at radius 2 is 2.12 bits per heavy atom. The molecule has 4 heteroatoms. The van der Waals surface area contributed by atoms with Gasteiger partial charge in [-0.2, -0.15) is 9.83 Å². The van der Waals surface area contributed by atoms with E-state index < -0.39 is 0 Å². The molecule has 2 aromatic heterocycles. The minimum absolute atomic E-state index is 0.802. The average Bonchev–Trinajstić information content (AvgIpc) is 2.82. The van der Waals surface area contributed by atoms with E-state index >= 15 is 0 Å². The van der Waals surface area contributed by atoms with Gasteiger partial charge in [-0.1, -0.05) is 0 Å². The molecule has 4 nitrogen and oxygen atoms in total. The standard InChI is InChI=1S/C12H9N3O/c16-14-7-4-10-8-12(3-2-11(10)9-14)15-6-1-5-13-15/h1-9H. The summed E-state index contributed by atoms with van der Waals surface area (Å²) in [7, 11) is 0. The third-order valence-corrected chi connectivity index (χ3v) is 2.51. The lowest BCUT2D eigenvalue weighted by molar-refractivity contribution is -0.603. The van der Waals surface area contributed by atoms with E-state index in [2.05, 4.69) is 5.10 Å². The summed E-state index contributed by atoms with van der Waals surface area (Å²) in [4.78, 5) is 0. The molecular weight excluding hydrogens is 202 g/mol. The molecule has 0 N–H and O–H groups in total. The molecule has 0 atom stereocenters. The minimum atomic E-state index is 0.802. The van der Waals surface area contributed by atoms with E-state index in [1.165, 1.54) is 6.20 Å². The van der Waals surface area contributed by atoms with Crippen LogP contribution in [-0.2, 0) is 0 Å². The minimum Gasteiger partial charge on any atom is -0.619 e. The van der Waals surface area contributed by atoms with Crippen LogP contribution in [0.2, 0.25) is 0 Å². The predicted octanol–water partition coefficient (Wildman–Crippen LogP) is 1.66. The maximum Gasteiger partial charge on any atom is 0.188 e. The first-order chi connectivity index (χ1) is 7.83. The number of benzene rings is 1. The average molecular weight is 211 g/mol. The van der Waals surface area contributed by atoms with Crippen LogP contribution in [0.5, 0.6) is 0 Å². The van der Waals surface area contributed by atoms with Crippen molar-refractivity contribution in [3.05, 3.63) is 60.3 Å². The summed E-state index contributed by atoms with van der Waals surface area (Å²) in [5.41, 5.74) is 0.987. The van der Waals surface area contributed by atoms with Crippen LogP contribution in [-0.4, -0.2) is 9.78 Å². The highest BCUT2D eigenvalue weighted by atomic mass is 16.5. The molecular formula is C12H9N3O. The molecule has 0 unspecified atom stereocenters. The Labute approximate surface area is 92.0 Å². The number of fused-ring (bicyclic) bond motifs is 1. The SMILES string of the molecule is [O-][n+]1ccc2cc(-n3cccn3)ccc2c1. The monoisotopic (exact) mass is 211 g/mol. The maximum atomic E-state index is 11.1. The molecule has 0 aliphatic rings. The second-order valence-electron chi connectivity index (χ2n) is 3.57. The van der Waals surface area contributed by atoms with Crippen molar-refractivity contribution in [1.82, 2.24) is 9.78 Å². The molecule has 2 heterocycles. The van der Waals surface area contributed by atoms with Gasteiger partial charge in [0.25, 0.3) is 0 Å². The Morgan fingerprint density at radius 3 is 2.94 bits per heavy atom. The van der Waals surface area contributed by atoms with E-state index in [0.717, 1.165) is 21.2 Å². The predicted molar refractivity (Wildman–Crippen MR) is 60.0 cm³/mol. The molecule has 3 aromatic rings. The van der Waals surface area contributed by atoms with Crippen molar-refractivity contribution in [2.45, 2.75) is 0 Å². The Morgan fingerprint density at radius 1 is 1.19 bits per heavy atom. The van der Waals surface area contributed by atoms with Crippen LogP contribution in [0, 0.1) is 5.21 Å². The fourth-order valence-corrected chi connectivity index (χ4v) is 1.72. The van der Waals surface area contributed by atoms with Crippen molar-refractivity contribution in [3.8, 4) is 5.69 Å². The number of aromatic nitrogens is 3. The fourth-order valence-electron chi connectivity index (χ4n) is 1.72. The van der Waals surface area contributed by atoms with Gasteiger partial charge in [-0.15, -0.1) is 0 Å². The first-order valence-corrected chi connectivity index (χ1v) is 4.95. The number of hydrogen-bond acceptors (Lipinski definition) is 2. The third kappa shape index (κ3) is 1.40. The fraction of sp³-hybridized carbons (Fsp3) is 0. The number of nitrogens with zero attached hydrogens (tertiary/aromatic N) is 3. The molecule has 0 aliphatic heterocycles. The van der Waals surface area contributed by atoms with Crippen molar-refractivity contribution >= 4 is 10.8 Å². The van der Waals surface area contributed by atoms with Gasteiger partial charge < -0.3 is 5.21 Å². The first-order valence-electron chi connectivity index (χ1n) is 4.95. The largest absolute Gasteiger partial charge is 0.619 e. The molecule has 0 saturated heterocycles. The zero-order chi connectivity index (χ0) is 11.0. The molecule has 1 aromatic carbocycles. The summed E-state index contributed by atoms with van der Waals surface area (Å²) >= 11 is 0. The summed E-state index contributed by atoms with van der Waals surface area (Å²) in [5.74, 6) is 0. The Balaban J connectivity index is 2.20. The summed E-state index contributed by atoms with van der Waals surface area (Å²) < 4.78 is 2.59. The van der Waals surface area contributed by atoms with Crippen molar-refractivity contribution in [2.75, 3.05) is 0 Å². The highest BCUT2D eigenvalue weighted by Gasteiger charge is 2.01. The molecule has 0 fully saturated rings. The van der Waals surface area contributed by atoms with Crippen LogP contribution in [0.1, 0.15) is 0 Å². The van der Waals surface area contributed by atoms with Gasteiger partial charge in [0.05, 0.1) is 5.69 Å². The molecule has 3 rings (SSSR count). The number of rotatable bonds is 1. The zero-order valence-corrected chi connectivity index (χ0v) is 8.45. The van der Waals surface area contributed by atoms with Gasteiger partial charge in [-0.05, 0) is 29.7 Å². The van der Waals surface area contributed by atoms with Crippen molar-refractivity contribution in [3.63, 3.8) is 0 Å². The summed E-state index contributed by atoms with van der Waals surface area (Å²) in [5, 5.41) is 17.2. The van der Waals surface area contributed by atoms with E-state index in [0.29, 0.717) is 0 Å². The van der Waals surface area contributed by atoms with Crippen LogP contribution in [0.4, 0.5) is 0 Å². The van der Waals surface area contributed by atoms with Crippen molar-refractivity contribution in [1.29, 1.82) is 0 Å². The van der Waals surface area contributed by atoms with E-state index in [1.807, 2.05) is 30.5 Å². The van der Waals surface area contributed by atoms with Crippen LogP contribution in [0.25, 0.3) is 16.5 Å². The molecule has 78 valence electrons. The van der Waals surface area contributed by atoms with E-state index in [-0.39, 0.29) is 0 Å². The molecule has 0 saturated carbocycles. The second kappa shape index (κ2) is 3.34.